The van der Waals surface area contributed by atoms with Crippen LogP contribution in [-0.2, 0) is 21.3 Å². The van der Waals surface area contributed by atoms with Gasteiger partial charge in [0.15, 0.2) is 23.4 Å². The summed E-state index contributed by atoms with van der Waals surface area (Å²) < 4.78 is 18.7. The fourth-order valence-corrected chi connectivity index (χ4v) is 4.95. The van der Waals surface area contributed by atoms with E-state index in [1.54, 1.807) is 29.6 Å². The zero-order valence-electron chi connectivity index (χ0n) is 15.1. The lowest BCUT2D eigenvalue weighted by molar-refractivity contribution is -0.118. The molecule has 2 heterocycles. The molecule has 9 heteroatoms. The van der Waals surface area contributed by atoms with Gasteiger partial charge in [0.05, 0.1) is 5.75 Å². The fourth-order valence-electron chi connectivity index (χ4n) is 2.72. The van der Waals surface area contributed by atoms with E-state index in [2.05, 4.69) is 10.5 Å². The zero-order chi connectivity index (χ0) is 19.4. The molecule has 1 aliphatic heterocycles. The quantitative estimate of drug-likeness (QED) is 0.557. The summed E-state index contributed by atoms with van der Waals surface area (Å²) in [7, 11) is 0.679. The first-order valence-corrected chi connectivity index (χ1v) is 10.9. The van der Waals surface area contributed by atoms with Crippen molar-refractivity contribution < 1.29 is 18.3 Å². The van der Waals surface area contributed by atoms with Crippen molar-refractivity contribution in [2.45, 2.75) is 36.5 Å². The lowest BCUT2D eigenvalue weighted by atomic mass is 10.0. The van der Waals surface area contributed by atoms with E-state index in [1.807, 2.05) is 19.1 Å². The van der Waals surface area contributed by atoms with E-state index in [9.17, 15) is 13.8 Å². The number of carbonyl (C=O) groups is 2. The van der Waals surface area contributed by atoms with Crippen molar-refractivity contribution in [1.29, 1.82) is 0 Å². The molecule has 1 aliphatic rings. The lowest BCUT2D eigenvalue weighted by Gasteiger charge is -2.30. The summed E-state index contributed by atoms with van der Waals surface area (Å²) in [5.74, 6) is 0.797. The van der Waals surface area contributed by atoms with Crippen LogP contribution in [0, 0.1) is 0 Å². The molecule has 27 heavy (non-hydrogen) atoms. The largest absolute Gasteiger partial charge is 0.358 e. The van der Waals surface area contributed by atoms with Crippen molar-refractivity contribution in [3.05, 3.63) is 41.7 Å². The molecule has 1 aromatic carbocycles. The Morgan fingerprint density at radius 1 is 1.41 bits per heavy atom. The number of hydrogen-bond acceptors (Lipinski definition) is 7. The average molecular weight is 408 g/mol. The van der Waals surface area contributed by atoms with Crippen molar-refractivity contribution in [1.82, 2.24) is 9.46 Å². The third kappa shape index (κ3) is 4.66. The number of ketones is 1. The summed E-state index contributed by atoms with van der Waals surface area (Å²) in [5, 5.41) is 6.42. The predicted molar refractivity (Wildman–Crippen MR) is 105 cm³/mol. The molecule has 0 saturated carbocycles. The van der Waals surface area contributed by atoms with Crippen molar-refractivity contribution in [2.24, 2.45) is 0 Å². The number of nitrogens with one attached hydrogen (secondary N) is 1. The van der Waals surface area contributed by atoms with Gasteiger partial charge in [0.2, 0.25) is 0 Å². The molecule has 1 N–H and O–H groups in total. The second kappa shape index (κ2) is 8.81. The molecular formula is C18H21N3O4S2. The second-order valence-electron chi connectivity index (χ2n) is 6.21. The second-order valence-corrected chi connectivity index (χ2v) is 8.98. The van der Waals surface area contributed by atoms with Crippen molar-refractivity contribution in [3.8, 4) is 0 Å². The molecule has 1 amide bonds. The first-order valence-electron chi connectivity index (χ1n) is 8.65. The number of likely N-dealkylation sites (N-methyl/N-ethyl adjacent to an activating group) is 1. The Balaban J connectivity index is 1.66. The van der Waals surface area contributed by atoms with Gasteiger partial charge in [-0.1, -0.05) is 36.7 Å². The maximum Gasteiger partial charge on any atom is 0.251 e. The molecule has 0 spiro atoms. The smallest absolute Gasteiger partial charge is 0.251 e. The van der Waals surface area contributed by atoms with Crippen molar-refractivity contribution in [2.75, 3.05) is 18.1 Å². The molecule has 0 saturated heterocycles. The third-order valence-electron chi connectivity index (χ3n) is 4.09. The van der Waals surface area contributed by atoms with Gasteiger partial charge in [-0.3, -0.25) is 13.8 Å². The van der Waals surface area contributed by atoms with Crippen LogP contribution in [0.15, 0.2) is 39.8 Å². The molecule has 2 atom stereocenters. The molecule has 0 radical (unpaired) electrons. The van der Waals surface area contributed by atoms with E-state index < -0.39 is 22.7 Å². The molecule has 2 unspecified atom stereocenters. The molecule has 3 rings (SSSR count). The van der Waals surface area contributed by atoms with Crippen LogP contribution < -0.4 is 5.32 Å². The Labute approximate surface area is 164 Å². The maximum atomic E-state index is 12.7. The Morgan fingerprint density at radius 3 is 2.96 bits per heavy atom. The van der Waals surface area contributed by atoms with Gasteiger partial charge in [0, 0.05) is 33.1 Å². The number of aromatic nitrogens is 1. The van der Waals surface area contributed by atoms with Crippen molar-refractivity contribution >= 4 is 40.3 Å². The SMILES string of the molecule is CCCCS(=O)Cc1cc(NC(=O)C2C(=O)c3ccccc3SN2C)no1. The fraction of sp³-hybridized carbons (Fsp3) is 0.389. The normalized spacial score (nSPS) is 18.1. The standard InChI is InChI=1S/C18H21N3O4S2/c1-3-4-9-27(24)11-12-10-15(20-25-12)19-18(23)16-17(22)13-7-5-6-8-14(13)26-21(16)2/h5-8,10,16H,3-4,9,11H2,1-2H3,(H,19,20,23). The molecular weight excluding hydrogens is 386 g/mol. The summed E-state index contributed by atoms with van der Waals surface area (Å²) >= 11 is 1.35. The lowest BCUT2D eigenvalue weighted by Crippen LogP contribution is -2.46. The molecule has 7 nitrogen and oxygen atoms in total. The van der Waals surface area contributed by atoms with Crippen LogP contribution in [-0.4, -0.2) is 44.2 Å². The number of carbonyl (C=O) groups excluding carboxylic acids is 2. The Bertz CT molecular complexity index is 868. The van der Waals surface area contributed by atoms with Crippen LogP contribution >= 0.6 is 11.9 Å². The summed E-state index contributed by atoms with van der Waals surface area (Å²) in [5.41, 5.74) is 0.535. The number of fused-ring (bicyclic) bond motifs is 1. The van der Waals surface area contributed by atoms with Crippen LogP contribution in [0.1, 0.15) is 35.9 Å². The minimum absolute atomic E-state index is 0.215. The van der Waals surface area contributed by atoms with Gasteiger partial charge >= 0.3 is 0 Å². The van der Waals surface area contributed by atoms with Gasteiger partial charge in [-0.05, 0) is 31.5 Å². The number of nitrogens with zero attached hydrogens (tertiary/aromatic N) is 2. The number of hydrogen-bond donors (Lipinski definition) is 1. The maximum absolute atomic E-state index is 12.7. The first kappa shape index (κ1) is 19.8. The molecule has 0 fully saturated rings. The molecule has 0 aliphatic carbocycles. The third-order valence-corrected chi connectivity index (χ3v) is 6.50. The number of amides is 1. The minimum Gasteiger partial charge on any atom is -0.358 e. The van der Waals surface area contributed by atoms with Gasteiger partial charge in [-0.2, -0.15) is 0 Å². The van der Waals surface area contributed by atoms with Gasteiger partial charge in [-0.25, -0.2) is 4.31 Å². The van der Waals surface area contributed by atoms with Crippen LogP contribution in [0.4, 0.5) is 5.82 Å². The number of Topliss-reactive ketones (excluding diaryl/α,β-unsaturated/α-hetero) is 1. The van der Waals surface area contributed by atoms with E-state index in [1.165, 1.54) is 11.9 Å². The number of unbranched alkanes of at least 4 members (excludes halogenated alkanes) is 1. The van der Waals surface area contributed by atoms with Gasteiger partial charge in [0.1, 0.15) is 0 Å². The minimum atomic E-state index is -1.02. The van der Waals surface area contributed by atoms with Crippen LogP contribution in [0.5, 0.6) is 0 Å². The summed E-state index contributed by atoms with van der Waals surface area (Å²) in [6, 6.07) is 7.80. The zero-order valence-corrected chi connectivity index (χ0v) is 16.8. The van der Waals surface area contributed by atoms with E-state index in [-0.39, 0.29) is 17.4 Å². The highest BCUT2D eigenvalue weighted by atomic mass is 32.2. The molecule has 2 aromatic rings. The van der Waals surface area contributed by atoms with Crippen molar-refractivity contribution in [3.63, 3.8) is 0 Å². The topological polar surface area (TPSA) is 92.5 Å². The van der Waals surface area contributed by atoms with Gasteiger partial charge in [-0.15, -0.1) is 0 Å². The summed E-state index contributed by atoms with van der Waals surface area (Å²) in [6.45, 7) is 2.04. The Hall–Kier alpha value is -1.97. The van der Waals surface area contributed by atoms with E-state index >= 15 is 0 Å². The molecule has 1 aromatic heterocycles. The highest BCUT2D eigenvalue weighted by molar-refractivity contribution is 7.97. The number of anilines is 1. The number of benzene rings is 1. The highest BCUT2D eigenvalue weighted by Gasteiger charge is 2.37. The first-order chi connectivity index (χ1) is 13.0. The predicted octanol–water partition coefficient (Wildman–Crippen LogP) is 2.87. The highest BCUT2D eigenvalue weighted by Crippen LogP contribution is 2.34. The molecule has 0 bridgehead atoms. The van der Waals surface area contributed by atoms with Gasteiger partial charge < -0.3 is 9.84 Å². The average Bonchev–Trinajstić information content (AvgIpc) is 3.06. The number of rotatable bonds is 7. The monoisotopic (exact) mass is 407 g/mol. The molecule has 144 valence electrons. The van der Waals surface area contributed by atoms with Gasteiger partial charge in [0.25, 0.3) is 5.91 Å². The van der Waals surface area contributed by atoms with E-state index in [4.69, 9.17) is 4.52 Å². The summed E-state index contributed by atoms with van der Waals surface area (Å²) in [6.07, 6.45) is 1.87. The Kier molecular flexibility index (Phi) is 6.46. The Morgan fingerprint density at radius 2 is 2.19 bits per heavy atom. The van der Waals surface area contributed by atoms with E-state index in [0.717, 1.165) is 17.7 Å². The van der Waals surface area contributed by atoms with E-state index in [0.29, 0.717) is 17.1 Å². The van der Waals surface area contributed by atoms with Crippen LogP contribution in [0.3, 0.4) is 0 Å². The van der Waals surface area contributed by atoms with Crippen LogP contribution in [0.25, 0.3) is 0 Å². The summed E-state index contributed by atoms with van der Waals surface area (Å²) in [4.78, 5) is 26.2. The van der Waals surface area contributed by atoms with Crippen LogP contribution in [0.2, 0.25) is 0 Å².